The van der Waals surface area contributed by atoms with Gasteiger partial charge in [0, 0.05) is 29.2 Å². The fraction of sp³-hybridized carbons (Fsp3) is 0. The third-order valence-electron chi connectivity index (χ3n) is 3.51. The van der Waals surface area contributed by atoms with Gasteiger partial charge in [-0.3, -0.25) is 9.71 Å². The number of thiophene rings is 1. The smallest absolute Gasteiger partial charge is 0.271 e. The second kappa shape index (κ2) is 6.70. The number of sulfonamides is 1. The van der Waals surface area contributed by atoms with Crippen LogP contribution in [0.1, 0.15) is 0 Å². The van der Waals surface area contributed by atoms with Gasteiger partial charge in [0.15, 0.2) is 0 Å². The van der Waals surface area contributed by atoms with Crippen molar-refractivity contribution in [2.24, 2.45) is 0 Å². The van der Waals surface area contributed by atoms with Crippen LogP contribution in [0.15, 0.2) is 75.0 Å². The van der Waals surface area contributed by atoms with Gasteiger partial charge in [-0.05, 0) is 47.8 Å². The summed E-state index contributed by atoms with van der Waals surface area (Å²) < 4.78 is 32.5. The Balaban J connectivity index is 1.54. The van der Waals surface area contributed by atoms with E-state index in [1.807, 2.05) is 0 Å². The van der Waals surface area contributed by atoms with Crippen molar-refractivity contribution >= 4 is 27.0 Å². The molecule has 0 radical (unpaired) electrons. The van der Waals surface area contributed by atoms with Gasteiger partial charge < -0.3 is 4.52 Å². The number of hydrogen-bond acceptors (Lipinski definition) is 7. The van der Waals surface area contributed by atoms with Crippen molar-refractivity contribution in [3.8, 4) is 22.8 Å². The predicted octanol–water partition coefficient (Wildman–Crippen LogP) is 3.66. The number of aromatic nitrogens is 3. The van der Waals surface area contributed by atoms with Gasteiger partial charge in [0.05, 0.1) is 0 Å². The molecule has 7 nitrogen and oxygen atoms in total. The molecule has 0 amide bonds. The molecule has 0 atom stereocenters. The van der Waals surface area contributed by atoms with E-state index in [1.165, 1.54) is 0 Å². The Bertz CT molecular complexity index is 1110. The van der Waals surface area contributed by atoms with E-state index in [-0.39, 0.29) is 4.21 Å². The Labute approximate surface area is 153 Å². The van der Waals surface area contributed by atoms with Gasteiger partial charge in [-0.25, -0.2) is 8.42 Å². The van der Waals surface area contributed by atoms with Gasteiger partial charge in [-0.15, -0.1) is 11.3 Å². The molecule has 4 rings (SSSR count). The van der Waals surface area contributed by atoms with E-state index in [1.54, 1.807) is 66.3 Å². The molecule has 1 aromatic carbocycles. The third-order valence-corrected chi connectivity index (χ3v) is 6.29. The van der Waals surface area contributed by atoms with Gasteiger partial charge in [0.25, 0.3) is 15.9 Å². The summed E-state index contributed by atoms with van der Waals surface area (Å²) in [6.45, 7) is 0. The minimum Gasteiger partial charge on any atom is -0.334 e. The van der Waals surface area contributed by atoms with Crippen LogP contribution in [-0.4, -0.2) is 23.5 Å². The Hall–Kier alpha value is -3.04. The number of nitrogens with zero attached hydrogens (tertiary/aromatic N) is 3. The molecule has 0 fully saturated rings. The van der Waals surface area contributed by atoms with Gasteiger partial charge >= 0.3 is 0 Å². The van der Waals surface area contributed by atoms with Gasteiger partial charge in [-0.1, -0.05) is 11.2 Å². The summed E-state index contributed by atoms with van der Waals surface area (Å²) >= 11 is 1.16. The van der Waals surface area contributed by atoms with Crippen LogP contribution < -0.4 is 4.72 Å². The van der Waals surface area contributed by atoms with Gasteiger partial charge in [0.1, 0.15) is 4.21 Å². The van der Waals surface area contributed by atoms with Crippen LogP contribution in [-0.2, 0) is 10.0 Å². The molecule has 1 N–H and O–H groups in total. The lowest BCUT2D eigenvalue weighted by Gasteiger charge is -2.06. The molecule has 26 heavy (non-hydrogen) atoms. The third kappa shape index (κ3) is 3.35. The maximum Gasteiger partial charge on any atom is 0.271 e. The summed E-state index contributed by atoms with van der Waals surface area (Å²) in [5.74, 6) is 0.814. The average molecular weight is 384 g/mol. The summed E-state index contributed by atoms with van der Waals surface area (Å²) in [5.41, 5.74) is 1.95. The molecular weight excluding hydrogens is 372 g/mol. The first-order chi connectivity index (χ1) is 12.6. The Morgan fingerprint density at radius 2 is 1.73 bits per heavy atom. The summed E-state index contributed by atoms with van der Waals surface area (Å²) in [4.78, 5) is 8.30. The van der Waals surface area contributed by atoms with E-state index >= 15 is 0 Å². The maximum absolute atomic E-state index is 12.2. The van der Waals surface area contributed by atoms with Crippen molar-refractivity contribution in [2.75, 3.05) is 4.72 Å². The molecule has 0 saturated heterocycles. The number of anilines is 1. The van der Waals surface area contributed by atoms with E-state index in [4.69, 9.17) is 4.52 Å². The van der Waals surface area contributed by atoms with Crippen molar-refractivity contribution in [1.82, 2.24) is 15.1 Å². The van der Waals surface area contributed by atoms with Crippen LogP contribution >= 0.6 is 11.3 Å². The van der Waals surface area contributed by atoms with Crippen molar-refractivity contribution < 1.29 is 12.9 Å². The molecular formula is C17H12N4O3S2. The molecule has 4 aromatic rings. The molecule has 0 spiro atoms. The molecule has 0 aliphatic heterocycles. The number of hydrogen-bond donors (Lipinski definition) is 1. The second-order valence-corrected chi connectivity index (χ2v) is 8.13. The molecule has 3 heterocycles. The minimum absolute atomic E-state index is 0.265. The lowest BCUT2D eigenvalue weighted by atomic mass is 10.2. The highest BCUT2D eigenvalue weighted by atomic mass is 32.2. The lowest BCUT2D eigenvalue weighted by molar-refractivity contribution is 0.432. The zero-order valence-corrected chi connectivity index (χ0v) is 14.9. The Kier molecular flexibility index (Phi) is 4.23. The Morgan fingerprint density at radius 1 is 0.962 bits per heavy atom. The molecule has 130 valence electrons. The molecule has 0 aliphatic rings. The quantitative estimate of drug-likeness (QED) is 0.564. The van der Waals surface area contributed by atoms with Crippen LogP contribution in [0, 0.1) is 0 Å². The number of rotatable bonds is 5. The van der Waals surface area contributed by atoms with Crippen LogP contribution in [0.3, 0.4) is 0 Å². The van der Waals surface area contributed by atoms with Gasteiger partial charge in [0.2, 0.25) is 5.82 Å². The molecule has 9 heteroatoms. The second-order valence-electron chi connectivity index (χ2n) is 5.27. The van der Waals surface area contributed by atoms with E-state index < -0.39 is 10.0 Å². The largest absolute Gasteiger partial charge is 0.334 e. The summed E-state index contributed by atoms with van der Waals surface area (Å²) in [5, 5.41) is 5.68. The van der Waals surface area contributed by atoms with Crippen LogP contribution in [0.25, 0.3) is 22.8 Å². The van der Waals surface area contributed by atoms with Crippen molar-refractivity contribution in [3.05, 3.63) is 66.3 Å². The predicted molar refractivity (Wildman–Crippen MR) is 98.1 cm³/mol. The van der Waals surface area contributed by atoms with Crippen LogP contribution in [0.5, 0.6) is 0 Å². The van der Waals surface area contributed by atoms with E-state index in [2.05, 4.69) is 19.8 Å². The highest BCUT2D eigenvalue weighted by molar-refractivity contribution is 7.94. The molecule has 0 bridgehead atoms. The van der Waals surface area contributed by atoms with E-state index in [0.717, 1.165) is 16.9 Å². The van der Waals surface area contributed by atoms with E-state index in [0.29, 0.717) is 23.0 Å². The summed E-state index contributed by atoms with van der Waals surface area (Å²) in [6.07, 6.45) is 3.29. The zero-order chi connectivity index (χ0) is 18.0. The molecule has 0 saturated carbocycles. The number of benzene rings is 1. The first-order valence-electron chi connectivity index (χ1n) is 7.53. The van der Waals surface area contributed by atoms with Crippen molar-refractivity contribution in [2.45, 2.75) is 4.21 Å². The number of pyridine rings is 1. The molecule has 0 unspecified atom stereocenters. The normalized spacial score (nSPS) is 11.4. The minimum atomic E-state index is -3.57. The zero-order valence-electron chi connectivity index (χ0n) is 13.2. The first kappa shape index (κ1) is 16.4. The van der Waals surface area contributed by atoms with Crippen LogP contribution in [0.4, 0.5) is 5.69 Å². The monoisotopic (exact) mass is 384 g/mol. The van der Waals surface area contributed by atoms with Crippen molar-refractivity contribution in [1.29, 1.82) is 0 Å². The first-order valence-corrected chi connectivity index (χ1v) is 9.89. The highest BCUT2D eigenvalue weighted by Crippen LogP contribution is 2.24. The topological polar surface area (TPSA) is 98.0 Å². The lowest BCUT2D eigenvalue weighted by Crippen LogP contribution is -2.11. The standard InChI is InChI=1S/C17H12N4O3S2/c22-26(23,15-2-1-11-25-15)21-14-5-3-12(4-6-14)16-19-17(24-20-16)13-7-9-18-10-8-13/h1-11,21H. The van der Waals surface area contributed by atoms with Crippen LogP contribution in [0.2, 0.25) is 0 Å². The number of nitrogens with one attached hydrogen (secondary N) is 1. The Morgan fingerprint density at radius 3 is 2.42 bits per heavy atom. The summed E-state index contributed by atoms with van der Waals surface area (Å²) in [7, 11) is -3.57. The van der Waals surface area contributed by atoms with Crippen molar-refractivity contribution in [3.63, 3.8) is 0 Å². The SMILES string of the molecule is O=S(=O)(Nc1ccc(-c2noc(-c3ccncc3)n2)cc1)c1cccs1. The fourth-order valence-electron chi connectivity index (χ4n) is 2.26. The maximum atomic E-state index is 12.2. The average Bonchev–Trinajstić information content (AvgIpc) is 3.35. The molecule has 3 aromatic heterocycles. The van der Waals surface area contributed by atoms with Gasteiger partial charge in [-0.2, -0.15) is 4.98 Å². The van der Waals surface area contributed by atoms with E-state index in [9.17, 15) is 8.42 Å². The highest BCUT2D eigenvalue weighted by Gasteiger charge is 2.15. The summed E-state index contributed by atoms with van der Waals surface area (Å²) in [6, 6.07) is 13.6. The fourth-order valence-corrected chi connectivity index (χ4v) is 4.31. The molecule has 0 aliphatic carbocycles.